The molecule has 2 aromatic rings. The molecule has 1 aliphatic carbocycles. The van der Waals surface area contributed by atoms with Crippen LogP contribution in [0.2, 0.25) is 0 Å². The van der Waals surface area contributed by atoms with E-state index >= 15 is 0 Å². The Kier molecular flexibility index (Phi) is 4.02. The number of hydrogen-bond donors (Lipinski definition) is 2. The highest BCUT2D eigenvalue weighted by Gasteiger charge is 2.29. The Morgan fingerprint density at radius 1 is 1.05 bits per heavy atom. The van der Waals surface area contributed by atoms with E-state index in [1.165, 1.54) is 0 Å². The summed E-state index contributed by atoms with van der Waals surface area (Å²) in [6.07, 6.45) is 1.74. The lowest BCUT2D eigenvalue weighted by Crippen LogP contribution is -2.33. The minimum absolute atomic E-state index is 0.130. The van der Waals surface area contributed by atoms with Crippen molar-refractivity contribution in [2.75, 3.05) is 6.54 Å². The van der Waals surface area contributed by atoms with Crippen molar-refractivity contribution in [1.82, 2.24) is 5.32 Å². The molecule has 108 valence electrons. The van der Waals surface area contributed by atoms with Gasteiger partial charge in [0.1, 0.15) is 0 Å². The van der Waals surface area contributed by atoms with Crippen molar-refractivity contribution in [2.45, 2.75) is 18.9 Å². The van der Waals surface area contributed by atoms with Crippen LogP contribution in [0.15, 0.2) is 54.6 Å². The van der Waals surface area contributed by atoms with Gasteiger partial charge in [-0.2, -0.15) is 0 Å². The minimum Gasteiger partial charge on any atom is -0.391 e. The Labute approximate surface area is 124 Å². The molecular formula is C18H19NO2. The summed E-state index contributed by atoms with van der Waals surface area (Å²) >= 11 is 0. The molecule has 1 saturated carbocycles. The van der Waals surface area contributed by atoms with E-state index in [9.17, 15) is 9.90 Å². The molecule has 0 aromatic heterocycles. The van der Waals surface area contributed by atoms with Crippen LogP contribution in [0.25, 0.3) is 11.1 Å². The van der Waals surface area contributed by atoms with Crippen molar-refractivity contribution >= 4 is 5.91 Å². The fourth-order valence-corrected chi connectivity index (χ4v) is 2.39. The molecule has 0 heterocycles. The van der Waals surface area contributed by atoms with Gasteiger partial charge in [-0.05, 0) is 42.0 Å². The smallest absolute Gasteiger partial charge is 0.251 e. The van der Waals surface area contributed by atoms with Gasteiger partial charge in [-0.15, -0.1) is 0 Å². The normalized spacial score (nSPS) is 15.5. The molecule has 1 aliphatic rings. The van der Waals surface area contributed by atoms with Crippen molar-refractivity contribution in [3.63, 3.8) is 0 Å². The standard InChI is InChI=1S/C18H19NO2/c20-17(15-8-9-15)12-19-18(21)16-10-6-14(7-11-16)13-4-2-1-3-5-13/h1-7,10-11,15,17,20H,8-9,12H2,(H,19,21). The number of nitrogens with one attached hydrogen (secondary N) is 1. The number of hydrogen-bond acceptors (Lipinski definition) is 2. The lowest BCUT2D eigenvalue weighted by atomic mass is 10.0. The van der Waals surface area contributed by atoms with Crippen LogP contribution in [0.1, 0.15) is 23.2 Å². The maximum absolute atomic E-state index is 12.0. The highest BCUT2D eigenvalue weighted by atomic mass is 16.3. The molecule has 1 fully saturated rings. The van der Waals surface area contributed by atoms with Crippen LogP contribution < -0.4 is 5.32 Å². The number of carbonyl (C=O) groups excluding carboxylic acids is 1. The van der Waals surface area contributed by atoms with Gasteiger partial charge in [0.15, 0.2) is 0 Å². The number of benzene rings is 2. The van der Waals surface area contributed by atoms with Crippen molar-refractivity contribution in [3.8, 4) is 11.1 Å². The van der Waals surface area contributed by atoms with Crippen LogP contribution in [0.4, 0.5) is 0 Å². The first-order valence-electron chi connectivity index (χ1n) is 7.36. The van der Waals surface area contributed by atoms with Crippen molar-refractivity contribution in [2.24, 2.45) is 5.92 Å². The number of carbonyl (C=O) groups is 1. The van der Waals surface area contributed by atoms with Crippen LogP contribution in [-0.4, -0.2) is 23.7 Å². The number of amides is 1. The summed E-state index contributed by atoms with van der Waals surface area (Å²) in [5.41, 5.74) is 2.84. The second-order valence-corrected chi connectivity index (χ2v) is 5.56. The molecule has 0 bridgehead atoms. The average Bonchev–Trinajstić information content (AvgIpc) is 3.38. The molecule has 0 spiro atoms. The Morgan fingerprint density at radius 2 is 1.67 bits per heavy atom. The van der Waals surface area contributed by atoms with Crippen LogP contribution >= 0.6 is 0 Å². The lowest BCUT2D eigenvalue weighted by Gasteiger charge is -2.11. The fraction of sp³-hybridized carbons (Fsp3) is 0.278. The van der Waals surface area contributed by atoms with Crippen LogP contribution in [0, 0.1) is 5.92 Å². The van der Waals surface area contributed by atoms with Gasteiger partial charge in [-0.3, -0.25) is 4.79 Å². The first-order valence-corrected chi connectivity index (χ1v) is 7.36. The topological polar surface area (TPSA) is 49.3 Å². The van der Waals surface area contributed by atoms with Gasteiger partial charge >= 0.3 is 0 Å². The predicted molar refractivity (Wildman–Crippen MR) is 82.9 cm³/mol. The van der Waals surface area contributed by atoms with Gasteiger partial charge in [-0.1, -0.05) is 42.5 Å². The van der Waals surface area contributed by atoms with Gasteiger partial charge in [0, 0.05) is 12.1 Å². The molecule has 0 radical (unpaired) electrons. The first-order chi connectivity index (χ1) is 10.2. The molecule has 3 heteroatoms. The average molecular weight is 281 g/mol. The molecule has 21 heavy (non-hydrogen) atoms. The van der Waals surface area contributed by atoms with Gasteiger partial charge in [0.2, 0.25) is 0 Å². The Bertz CT molecular complexity index is 603. The summed E-state index contributed by atoms with van der Waals surface area (Å²) in [4.78, 5) is 12.0. The summed E-state index contributed by atoms with van der Waals surface area (Å²) in [6.45, 7) is 0.337. The molecule has 3 rings (SSSR count). The Balaban J connectivity index is 1.62. The predicted octanol–water partition coefficient (Wildman–Crippen LogP) is 2.85. The molecule has 0 aliphatic heterocycles. The van der Waals surface area contributed by atoms with Gasteiger partial charge < -0.3 is 10.4 Å². The molecule has 1 atom stereocenters. The molecule has 0 saturated heterocycles. The maximum atomic E-state index is 12.0. The zero-order valence-electron chi connectivity index (χ0n) is 11.8. The SMILES string of the molecule is O=C(NCC(O)C1CC1)c1ccc(-c2ccccc2)cc1. The summed E-state index contributed by atoms with van der Waals surface area (Å²) in [7, 11) is 0. The third-order valence-electron chi connectivity index (χ3n) is 3.89. The van der Waals surface area contributed by atoms with E-state index in [4.69, 9.17) is 0 Å². The first kappa shape index (κ1) is 13.8. The van der Waals surface area contributed by atoms with Crippen LogP contribution in [0.5, 0.6) is 0 Å². The molecule has 2 aromatic carbocycles. The molecule has 1 unspecified atom stereocenters. The third kappa shape index (κ3) is 3.50. The monoisotopic (exact) mass is 281 g/mol. The van der Waals surface area contributed by atoms with Crippen molar-refractivity contribution in [3.05, 3.63) is 60.2 Å². The molecular weight excluding hydrogens is 262 g/mol. The van der Waals surface area contributed by atoms with E-state index in [1.54, 1.807) is 0 Å². The second kappa shape index (κ2) is 6.10. The summed E-state index contributed by atoms with van der Waals surface area (Å²) in [5, 5.41) is 12.6. The Morgan fingerprint density at radius 3 is 2.29 bits per heavy atom. The second-order valence-electron chi connectivity index (χ2n) is 5.56. The van der Waals surface area contributed by atoms with Gasteiger partial charge in [-0.25, -0.2) is 0 Å². The fourth-order valence-electron chi connectivity index (χ4n) is 2.39. The lowest BCUT2D eigenvalue weighted by molar-refractivity contribution is 0.0901. The van der Waals surface area contributed by atoms with E-state index < -0.39 is 6.10 Å². The van der Waals surface area contributed by atoms with Crippen molar-refractivity contribution in [1.29, 1.82) is 0 Å². The largest absolute Gasteiger partial charge is 0.391 e. The van der Waals surface area contributed by atoms with E-state index in [2.05, 4.69) is 5.32 Å². The van der Waals surface area contributed by atoms with Gasteiger partial charge in [0.25, 0.3) is 5.91 Å². The summed E-state index contributed by atoms with van der Waals surface area (Å²) < 4.78 is 0. The molecule has 1 amide bonds. The zero-order valence-corrected chi connectivity index (χ0v) is 11.8. The zero-order chi connectivity index (χ0) is 14.7. The van der Waals surface area contributed by atoms with Crippen LogP contribution in [-0.2, 0) is 0 Å². The maximum Gasteiger partial charge on any atom is 0.251 e. The number of aliphatic hydroxyl groups is 1. The van der Waals surface area contributed by atoms with Gasteiger partial charge in [0.05, 0.1) is 6.10 Å². The summed E-state index contributed by atoms with van der Waals surface area (Å²) in [5.74, 6) is 0.250. The highest BCUT2D eigenvalue weighted by Crippen LogP contribution is 2.32. The number of rotatable bonds is 5. The van der Waals surface area contributed by atoms with E-state index in [0.717, 1.165) is 24.0 Å². The third-order valence-corrected chi connectivity index (χ3v) is 3.89. The van der Waals surface area contributed by atoms with E-state index in [1.807, 2.05) is 54.6 Å². The highest BCUT2D eigenvalue weighted by molar-refractivity contribution is 5.94. The minimum atomic E-state index is -0.405. The Hall–Kier alpha value is -2.13. The molecule has 2 N–H and O–H groups in total. The van der Waals surface area contributed by atoms with Crippen molar-refractivity contribution < 1.29 is 9.90 Å². The van der Waals surface area contributed by atoms with E-state index in [0.29, 0.717) is 18.0 Å². The summed E-state index contributed by atoms with van der Waals surface area (Å²) in [6, 6.07) is 17.6. The molecule has 3 nitrogen and oxygen atoms in total. The van der Waals surface area contributed by atoms with Crippen LogP contribution in [0.3, 0.4) is 0 Å². The quantitative estimate of drug-likeness (QED) is 0.885. The number of aliphatic hydroxyl groups excluding tert-OH is 1. The van der Waals surface area contributed by atoms with E-state index in [-0.39, 0.29) is 5.91 Å².